The maximum absolute atomic E-state index is 5.72. The van der Waals surface area contributed by atoms with Gasteiger partial charge in [-0.2, -0.15) is 0 Å². The summed E-state index contributed by atoms with van der Waals surface area (Å²) in [4.78, 5) is 2.58. The zero-order chi connectivity index (χ0) is 14.6. The van der Waals surface area contributed by atoms with Crippen molar-refractivity contribution in [2.75, 3.05) is 46.5 Å². The molecule has 2 heterocycles. The highest BCUT2D eigenvalue weighted by Crippen LogP contribution is 2.31. The lowest BCUT2D eigenvalue weighted by Gasteiger charge is -2.39. The topological polar surface area (TPSA) is 33.7 Å². The van der Waals surface area contributed by atoms with Crippen molar-refractivity contribution in [3.8, 4) is 0 Å². The third-order valence-corrected chi connectivity index (χ3v) is 4.53. The van der Waals surface area contributed by atoms with E-state index in [-0.39, 0.29) is 11.0 Å². The van der Waals surface area contributed by atoms with E-state index in [1.807, 2.05) is 7.11 Å². The minimum atomic E-state index is 0.173. The molecule has 118 valence electrons. The average Bonchev–Trinajstić information content (AvgIpc) is 2.85. The number of likely N-dealkylation sites (tertiary alicyclic amines) is 1. The van der Waals surface area contributed by atoms with Gasteiger partial charge in [-0.25, -0.2) is 0 Å². The summed E-state index contributed by atoms with van der Waals surface area (Å²) >= 11 is 0. The number of nitrogens with zero attached hydrogens (tertiary/aromatic N) is 1. The summed E-state index contributed by atoms with van der Waals surface area (Å²) in [5.74, 6) is 0. The monoisotopic (exact) mass is 284 g/mol. The molecule has 0 amide bonds. The van der Waals surface area contributed by atoms with Crippen molar-refractivity contribution in [2.24, 2.45) is 5.41 Å². The van der Waals surface area contributed by atoms with Crippen LogP contribution >= 0.6 is 0 Å². The van der Waals surface area contributed by atoms with Crippen LogP contribution in [0.3, 0.4) is 0 Å². The highest BCUT2D eigenvalue weighted by atomic mass is 16.5. The highest BCUT2D eigenvalue weighted by molar-refractivity contribution is 4.91. The maximum atomic E-state index is 5.72. The van der Waals surface area contributed by atoms with Gasteiger partial charge < -0.3 is 19.7 Å². The third-order valence-electron chi connectivity index (χ3n) is 4.53. The normalized spacial score (nSPS) is 32.7. The Kier molecular flexibility index (Phi) is 5.46. The predicted molar refractivity (Wildman–Crippen MR) is 82.1 cm³/mol. The first-order chi connectivity index (χ1) is 9.42. The summed E-state index contributed by atoms with van der Waals surface area (Å²) < 4.78 is 11.3. The van der Waals surface area contributed by atoms with Gasteiger partial charge in [-0.15, -0.1) is 0 Å². The van der Waals surface area contributed by atoms with E-state index in [0.29, 0.717) is 6.10 Å². The van der Waals surface area contributed by atoms with Gasteiger partial charge in [0.05, 0.1) is 12.7 Å². The van der Waals surface area contributed by atoms with Crippen LogP contribution < -0.4 is 5.32 Å². The van der Waals surface area contributed by atoms with E-state index in [9.17, 15) is 0 Å². The molecule has 2 fully saturated rings. The van der Waals surface area contributed by atoms with Crippen molar-refractivity contribution >= 4 is 0 Å². The van der Waals surface area contributed by atoms with Crippen molar-refractivity contribution in [3.05, 3.63) is 0 Å². The quantitative estimate of drug-likeness (QED) is 0.836. The molecule has 1 N–H and O–H groups in total. The second kappa shape index (κ2) is 6.73. The molecule has 4 heteroatoms. The van der Waals surface area contributed by atoms with Crippen molar-refractivity contribution in [1.29, 1.82) is 0 Å². The Balaban J connectivity index is 1.91. The number of rotatable bonds is 5. The molecule has 0 aromatic rings. The van der Waals surface area contributed by atoms with Gasteiger partial charge in [0.2, 0.25) is 0 Å². The number of methoxy groups -OCH3 is 1. The summed E-state index contributed by atoms with van der Waals surface area (Å²) in [5.41, 5.74) is 0.454. The number of ether oxygens (including phenoxy) is 2. The zero-order valence-corrected chi connectivity index (χ0v) is 13.7. The van der Waals surface area contributed by atoms with Crippen LogP contribution in [-0.2, 0) is 9.47 Å². The molecule has 0 saturated carbocycles. The van der Waals surface area contributed by atoms with Gasteiger partial charge in [0.15, 0.2) is 0 Å². The number of hydrogen-bond acceptors (Lipinski definition) is 4. The van der Waals surface area contributed by atoms with Gasteiger partial charge in [0, 0.05) is 44.3 Å². The van der Waals surface area contributed by atoms with Crippen LogP contribution in [0.1, 0.15) is 40.0 Å². The fraction of sp³-hybridized carbons (Fsp3) is 1.00. The molecule has 0 aliphatic carbocycles. The van der Waals surface area contributed by atoms with Gasteiger partial charge in [-0.1, -0.05) is 0 Å². The molecule has 20 heavy (non-hydrogen) atoms. The van der Waals surface area contributed by atoms with Gasteiger partial charge in [-0.05, 0) is 46.6 Å². The molecule has 2 unspecified atom stereocenters. The van der Waals surface area contributed by atoms with Gasteiger partial charge in [-0.3, -0.25) is 0 Å². The molecule has 4 nitrogen and oxygen atoms in total. The van der Waals surface area contributed by atoms with E-state index in [2.05, 4.69) is 31.0 Å². The van der Waals surface area contributed by atoms with Crippen LogP contribution in [0.4, 0.5) is 0 Å². The molecule has 2 rings (SSSR count). The second-order valence-corrected chi connectivity index (χ2v) is 7.64. The Morgan fingerprint density at radius 3 is 2.80 bits per heavy atom. The fourth-order valence-corrected chi connectivity index (χ4v) is 3.25. The van der Waals surface area contributed by atoms with E-state index < -0.39 is 0 Å². The third kappa shape index (κ3) is 4.69. The Bertz CT molecular complexity index is 295. The van der Waals surface area contributed by atoms with Crippen LogP contribution in [0.5, 0.6) is 0 Å². The number of hydrogen-bond donors (Lipinski definition) is 1. The summed E-state index contributed by atoms with van der Waals surface area (Å²) in [6.45, 7) is 13.0. The standard InChI is InChI=1S/C16H32N2O2/c1-15(2,3)17-11-16(7-9-20-13-16)12-18-8-5-6-14(10-18)19-4/h14,17H,5-13H2,1-4H3. The first-order valence-electron chi connectivity index (χ1n) is 8.00. The van der Waals surface area contributed by atoms with Gasteiger partial charge in [0.25, 0.3) is 0 Å². The molecule has 0 aromatic heterocycles. The predicted octanol–water partition coefficient (Wildman–Crippen LogP) is 1.89. The second-order valence-electron chi connectivity index (χ2n) is 7.64. The molecular formula is C16H32N2O2. The Labute approximate surface area is 124 Å². The molecule has 0 radical (unpaired) electrons. The lowest BCUT2D eigenvalue weighted by molar-refractivity contribution is 0.0106. The summed E-state index contributed by atoms with van der Waals surface area (Å²) in [6, 6.07) is 0. The Morgan fingerprint density at radius 2 is 2.20 bits per heavy atom. The molecule has 2 aliphatic heterocycles. The fourth-order valence-electron chi connectivity index (χ4n) is 3.25. The molecule has 2 saturated heterocycles. The van der Waals surface area contributed by atoms with Crippen LogP contribution in [0.15, 0.2) is 0 Å². The van der Waals surface area contributed by atoms with Crippen molar-refractivity contribution in [2.45, 2.75) is 51.7 Å². The van der Waals surface area contributed by atoms with E-state index in [1.54, 1.807) is 0 Å². The first kappa shape index (κ1) is 16.2. The number of nitrogens with one attached hydrogen (secondary N) is 1. The minimum absolute atomic E-state index is 0.173. The van der Waals surface area contributed by atoms with Crippen molar-refractivity contribution in [1.82, 2.24) is 10.2 Å². The molecular weight excluding hydrogens is 252 g/mol. The van der Waals surface area contributed by atoms with E-state index >= 15 is 0 Å². The Hall–Kier alpha value is -0.160. The largest absolute Gasteiger partial charge is 0.381 e. The lowest BCUT2D eigenvalue weighted by Crippen LogP contribution is -2.51. The highest BCUT2D eigenvalue weighted by Gasteiger charge is 2.38. The van der Waals surface area contributed by atoms with E-state index in [0.717, 1.165) is 32.8 Å². The SMILES string of the molecule is COC1CCCN(CC2(CNC(C)(C)C)CCOC2)C1. The smallest absolute Gasteiger partial charge is 0.0698 e. The molecule has 2 atom stereocenters. The average molecular weight is 284 g/mol. The summed E-state index contributed by atoms with van der Waals surface area (Å²) in [5, 5.41) is 3.68. The zero-order valence-electron chi connectivity index (χ0n) is 13.7. The maximum Gasteiger partial charge on any atom is 0.0698 e. The van der Waals surface area contributed by atoms with E-state index in [1.165, 1.54) is 25.8 Å². The van der Waals surface area contributed by atoms with Crippen LogP contribution in [0.2, 0.25) is 0 Å². The van der Waals surface area contributed by atoms with Crippen molar-refractivity contribution < 1.29 is 9.47 Å². The molecule has 0 spiro atoms. The van der Waals surface area contributed by atoms with Gasteiger partial charge in [0.1, 0.15) is 0 Å². The molecule has 0 bridgehead atoms. The molecule has 0 aromatic carbocycles. The summed E-state index contributed by atoms with van der Waals surface area (Å²) in [6.07, 6.45) is 4.04. The van der Waals surface area contributed by atoms with Gasteiger partial charge >= 0.3 is 0 Å². The van der Waals surface area contributed by atoms with Crippen LogP contribution in [0, 0.1) is 5.41 Å². The lowest BCUT2D eigenvalue weighted by atomic mass is 9.85. The Morgan fingerprint density at radius 1 is 1.40 bits per heavy atom. The van der Waals surface area contributed by atoms with Crippen LogP contribution in [0.25, 0.3) is 0 Å². The van der Waals surface area contributed by atoms with E-state index in [4.69, 9.17) is 9.47 Å². The summed E-state index contributed by atoms with van der Waals surface area (Å²) in [7, 11) is 1.84. The molecule has 2 aliphatic rings. The van der Waals surface area contributed by atoms with Crippen LogP contribution in [-0.4, -0.2) is 63.0 Å². The minimum Gasteiger partial charge on any atom is -0.381 e. The first-order valence-corrected chi connectivity index (χ1v) is 8.00. The van der Waals surface area contributed by atoms with Crippen molar-refractivity contribution in [3.63, 3.8) is 0 Å². The number of piperidine rings is 1.